The first kappa shape index (κ1) is 69.0. The topological polar surface area (TPSA) is 197 Å². The zero-order valence-corrected chi connectivity index (χ0v) is 42.3. The van der Waals surface area contributed by atoms with Crippen LogP contribution in [0.5, 0.6) is 0 Å². The molecule has 0 spiro atoms. The van der Waals surface area contributed by atoms with E-state index in [0.717, 1.165) is 14.7 Å². The third-order valence-corrected chi connectivity index (χ3v) is 11.8. The number of ether oxygens (including phenoxy) is 6. The second-order valence-corrected chi connectivity index (χ2v) is 17.1. The first-order valence-corrected chi connectivity index (χ1v) is 24.5. The van der Waals surface area contributed by atoms with Crippen molar-refractivity contribution in [3.05, 3.63) is 230 Å². The molecule has 438 valence electrons. The number of rotatable bonds is 21. The molecule has 0 saturated carbocycles. The summed E-state index contributed by atoms with van der Waals surface area (Å²) in [7, 11) is 0. The molecule has 82 heavy (non-hydrogen) atoms. The number of carbonyl (C=O) groups is 7. The van der Waals surface area contributed by atoms with E-state index in [4.69, 9.17) is 28.4 Å². The molecule has 7 rings (SSSR count). The van der Waals surface area contributed by atoms with Crippen molar-refractivity contribution in [3.8, 4) is 0 Å². The standard InChI is InChI=1S/C33H31FN2O7.C26H27FN2O6.4CH4/c1-3-20-35(29(37)23-14-8-5-9-15-23)33(40)36(21-4-2)30-27(34)28(43-32(39)25-18-12-7-13-19-25)26(42-30)22-41-31(38)24-16-10-6-11-17-24;1-3-15-28-26(32)29(16-4-2)23-21(27)22(35-25(31)19-13-9-6-10-14-19)20(34-23)17-33-24(30)18-11-7-5-8-12-18;;;;/h3-19,26-28,30H,1-2,20-22H2;3-14,20-23H,1-2,15-17H2,(H,28,32);4*1H4/t26-,27+,28-,30?;20-,21+,22-,23?;;;;/m11..../s1. The fourth-order valence-corrected chi connectivity index (χ4v) is 8.00. The summed E-state index contributed by atoms with van der Waals surface area (Å²) >= 11 is 0. The Kier molecular flexibility index (Phi) is 29.3. The van der Waals surface area contributed by atoms with Crippen molar-refractivity contribution >= 4 is 41.8 Å². The number of benzene rings is 5. The molecule has 5 aromatic carbocycles. The first-order valence-electron chi connectivity index (χ1n) is 24.5. The molecule has 8 atom stereocenters. The van der Waals surface area contributed by atoms with Crippen LogP contribution < -0.4 is 5.32 Å². The monoisotopic (exact) mass is 1130 g/mol. The van der Waals surface area contributed by atoms with Crippen LogP contribution in [0.3, 0.4) is 0 Å². The van der Waals surface area contributed by atoms with Crippen LogP contribution in [0.4, 0.5) is 18.4 Å². The number of halogens is 2. The molecule has 2 saturated heterocycles. The molecule has 2 unspecified atom stereocenters. The van der Waals surface area contributed by atoms with Crippen molar-refractivity contribution < 1.29 is 70.8 Å². The molecule has 5 amide bonds. The molecule has 0 aliphatic carbocycles. The molecule has 17 nitrogen and oxygen atoms in total. The predicted octanol–water partition coefficient (Wildman–Crippen LogP) is 11.1. The Bertz CT molecular complexity index is 2850. The number of esters is 4. The summed E-state index contributed by atoms with van der Waals surface area (Å²) in [4.78, 5) is 93.2. The van der Waals surface area contributed by atoms with Crippen LogP contribution in [-0.2, 0) is 28.4 Å². The maximum Gasteiger partial charge on any atom is 0.338 e. The Hall–Kier alpha value is -9.07. The van der Waals surface area contributed by atoms with Gasteiger partial charge < -0.3 is 33.7 Å². The third-order valence-electron chi connectivity index (χ3n) is 11.8. The number of urea groups is 2. The quantitative estimate of drug-likeness (QED) is 0.0414. The summed E-state index contributed by atoms with van der Waals surface area (Å²) in [6, 6.07) is 39.0. The van der Waals surface area contributed by atoms with Crippen LogP contribution in [0.1, 0.15) is 81.5 Å². The van der Waals surface area contributed by atoms with Crippen LogP contribution in [0.25, 0.3) is 0 Å². The molecule has 2 aliphatic rings. The Morgan fingerprint density at radius 3 is 1.15 bits per heavy atom. The molecular weight excluding hydrogens is 1060 g/mol. The Morgan fingerprint density at radius 2 is 0.793 bits per heavy atom. The number of carbonyl (C=O) groups excluding carboxylic acids is 7. The van der Waals surface area contributed by atoms with Crippen LogP contribution in [0.2, 0.25) is 0 Å². The Balaban J connectivity index is 0.000000544. The average molecular weight is 1130 g/mol. The van der Waals surface area contributed by atoms with E-state index in [2.05, 4.69) is 31.6 Å². The molecule has 0 aromatic heterocycles. The number of hydrogen-bond donors (Lipinski definition) is 1. The normalized spacial score (nSPS) is 19.0. The number of nitrogens with zero attached hydrogens (tertiary/aromatic N) is 3. The predicted molar refractivity (Wildman–Crippen MR) is 309 cm³/mol. The molecule has 0 bridgehead atoms. The van der Waals surface area contributed by atoms with Crippen molar-refractivity contribution in [3.63, 3.8) is 0 Å². The third kappa shape index (κ3) is 18.2. The van der Waals surface area contributed by atoms with Gasteiger partial charge in [0.15, 0.2) is 37.0 Å². The summed E-state index contributed by atoms with van der Waals surface area (Å²) < 4.78 is 65.3. The van der Waals surface area contributed by atoms with Gasteiger partial charge in [0.05, 0.1) is 22.3 Å². The van der Waals surface area contributed by atoms with Crippen molar-refractivity contribution in [2.75, 3.05) is 39.4 Å². The van der Waals surface area contributed by atoms with Crippen molar-refractivity contribution in [2.24, 2.45) is 0 Å². The summed E-state index contributed by atoms with van der Waals surface area (Å²) in [5, 5.41) is 2.56. The van der Waals surface area contributed by atoms with Gasteiger partial charge in [0.2, 0.25) is 0 Å². The van der Waals surface area contributed by atoms with E-state index in [-0.39, 0.29) is 78.1 Å². The van der Waals surface area contributed by atoms with Crippen LogP contribution in [0.15, 0.2) is 202 Å². The largest absolute Gasteiger partial charge is 0.459 e. The molecule has 2 aliphatic heterocycles. The van der Waals surface area contributed by atoms with E-state index in [0.29, 0.717) is 5.56 Å². The molecule has 2 heterocycles. The van der Waals surface area contributed by atoms with E-state index in [1.807, 2.05) is 0 Å². The van der Waals surface area contributed by atoms with Crippen molar-refractivity contribution in [2.45, 2.75) is 78.9 Å². The molecule has 1 N–H and O–H groups in total. The summed E-state index contributed by atoms with van der Waals surface area (Å²) in [5.74, 6) is -3.57. The second kappa shape index (κ2) is 34.8. The SMILES string of the molecule is C.C.C.C.C=CCN(C(=O)c1ccccc1)C(=O)N(CC=C)C1O[C@H](COC(=O)c2ccccc2)[C@@H](OC(=O)c2ccccc2)[C@@H]1F.C=CCNC(=O)N(CC=C)C1O[C@H](COC(=O)c2ccccc2)[C@@H](OC(=O)c2ccccc2)[C@@H]1F. The highest BCUT2D eigenvalue weighted by atomic mass is 19.1. The number of nitrogens with one attached hydrogen (secondary N) is 1. The lowest BCUT2D eigenvalue weighted by atomic mass is 10.1. The van der Waals surface area contributed by atoms with Crippen molar-refractivity contribution in [1.82, 2.24) is 20.0 Å². The van der Waals surface area contributed by atoms with Gasteiger partial charge in [-0.2, -0.15) is 0 Å². The second-order valence-electron chi connectivity index (χ2n) is 17.1. The number of amides is 5. The summed E-state index contributed by atoms with van der Waals surface area (Å²) in [6.45, 7) is 13.3. The zero-order chi connectivity index (χ0) is 56.0. The van der Waals surface area contributed by atoms with Gasteiger partial charge in [0, 0.05) is 31.7 Å². The highest BCUT2D eigenvalue weighted by molar-refractivity contribution is 6.04. The lowest BCUT2D eigenvalue weighted by Gasteiger charge is -2.33. The molecule has 0 radical (unpaired) electrons. The fourth-order valence-electron chi connectivity index (χ4n) is 8.00. The Labute approximate surface area is 479 Å². The van der Waals surface area contributed by atoms with Crippen LogP contribution >= 0.6 is 0 Å². The minimum absolute atomic E-state index is 0. The maximum absolute atomic E-state index is 16.2. The molecule has 2 fully saturated rings. The fraction of sp³-hybridized carbons (Fsp3) is 0.286. The minimum atomic E-state index is -2.07. The smallest absolute Gasteiger partial charge is 0.338 e. The van der Waals surface area contributed by atoms with E-state index in [9.17, 15) is 33.6 Å². The first-order chi connectivity index (χ1) is 37.8. The highest BCUT2D eigenvalue weighted by Crippen LogP contribution is 2.33. The van der Waals surface area contributed by atoms with E-state index >= 15 is 8.78 Å². The Morgan fingerprint density at radius 1 is 0.463 bits per heavy atom. The number of imide groups is 1. The molecule has 5 aromatic rings. The van der Waals surface area contributed by atoms with Gasteiger partial charge in [-0.1, -0.05) is 145 Å². The van der Waals surface area contributed by atoms with Crippen LogP contribution in [0, 0.1) is 0 Å². The van der Waals surface area contributed by atoms with Crippen molar-refractivity contribution in [1.29, 1.82) is 0 Å². The average Bonchev–Trinajstić information content (AvgIpc) is 4.04. The van der Waals surface area contributed by atoms with Gasteiger partial charge in [-0.25, -0.2) is 37.5 Å². The summed E-state index contributed by atoms with van der Waals surface area (Å²) in [5.41, 5.74) is 1.18. The maximum atomic E-state index is 16.2. The zero-order valence-electron chi connectivity index (χ0n) is 42.3. The summed E-state index contributed by atoms with van der Waals surface area (Å²) in [6.07, 6.45) is -6.85. The van der Waals surface area contributed by atoms with E-state index in [1.165, 1.54) is 48.6 Å². The molecule has 19 heteroatoms. The lowest BCUT2D eigenvalue weighted by Crippen LogP contribution is -2.53. The van der Waals surface area contributed by atoms with Gasteiger partial charge in [-0.15, -0.1) is 26.3 Å². The van der Waals surface area contributed by atoms with E-state index < -0.39 is 104 Å². The number of hydrogen-bond acceptors (Lipinski definition) is 13. The van der Waals surface area contributed by atoms with Crippen LogP contribution in [-0.4, -0.2) is 145 Å². The van der Waals surface area contributed by atoms with Gasteiger partial charge in [0.1, 0.15) is 25.4 Å². The lowest BCUT2D eigenvalue weighted by molar-refractivity contribution is -0.0754. The van der Waals surface area contributed by atoms with Gasteiger partial charge in [0.25, 0.3) is 5.91 Å². The van der Waals surface area contributed by atoms with Gasteiger partial charge in [-0.05, 0) is 60.7 Å². The highest BCUT2D eigenvalue weighted by Gasteiger charge is 2.53. The minimum Gasteiger partial charge on any atom is -0.459 e. The van der Waals surface area contributed by atoms with Gasteiger partial charge in [-0.3, -0.25) is 19.5 Å². The molecular formula is C63H74F2N4O13. The number of alkyl halides is 2. The van der Waals surface area contributed by atoms with Gasteiger partial charge >= 0.3 is 35.9 Å². The van der Waals surface area contributed by atoms with E-state index in [1.54, 1.807) is 127 Å².